The van der Waals surface area contributed by atoms with Crippen molar-refractivity contribution in [3.05, 3.63) is 51.9 Å². The van der Waals surface area contributed by atoms with E-state index in [2.05, 4.69) is 0 Å². The first-order chi connectivity index (χ1) is 10.1. The summed E-state index contributed by atoms with van der Waals surface area (Å²) in [4.78, 5) is 12.0. The van der Waals surface area contributed by atoms with Gasteiger partial charge in [-0.2, -0.15) is 13.2 Å². The Kier molecular flexibility index (Phi) is 2.99. The summed E-state index contributed by atoms with van der Waals surface area (Å²) in [6, 6.07) is 5.52. The highest BCUT2D eigenvalue weighted by atomic mass is 19.4. The van der Waals surface area contributed by atoms with Crippen molar-refractivity contribution in [1.29, 1.82) is 0 Å². The quantitative estimate of drug-likeness (QED) is 0.781. The monoisotopic (exact) mass is 318 g/mol. The molecule has 8 heteroatoms. The van der Waals surface area contributed by atoms with Crippen LogP contribution in [0, 0.1) is 0 Å². The summed E-state index contributed by atoms with van der Waals surface area (Å²) in [5.41, 5.74) is -2.10. The van der Waals surface area contributed by atoms with Crippen LogP contribution in [-0.4, -0.2) is 15.3 Å². The van der Waals surface area contributed by atoms with Crippen LogP contribution in [0.2, 0.25) is 0 Å². The van der Waals surface area contributed by atoms with Gasteiger partial charge in [0.05, 0.1) is 17.2 Å². The molecule has 1 fully saturated rings. The summed E-state index contributed by atoms with van der Waals surface area (Å²) in [6.45, 7) is 0. The van der Waals surface area contributed by atoms with E-state index in [0.29, 0.717) is 0 Å². The third kappa shape index (κ3) is 2.22. The molecule has 1 heterocycles. The average molecular weight is 318 g/mol. The van der Waals surface area contributed by atoms with Crippen molar-refractivity contribution >= 4 is 0 Å². The van der Waals surface area contributed by atoms with Gasteiger partial charge >= 0.3 is 6.18 Å². The number of halogens is 5. The fourth-order valence-corrected chi connectivity index (χ4v) is 2.58. The molecule has 3 nitrogen and oxygen atoms in total. The van der Waals surface area contributed by atoms with Gasteiger partial charge in [0.25, 0.3) is 11.5 Å². The van der Waals surface area contributed by atoms with E-state index in [9.17, 15) is 26.7 Å². The van der Waals surface area contributed by atoms with E-state index in [1.165, 1.54) is 19.2 Å². The predicted octanol–water partition coefficient (Wildman–Crippen LogP) is 3.32. The third-order valence-electron chi connectivity index (χ3n) is 3.77. The summed E-state index contributed by atoms with van der Waals surface area (Å²) in [6.07, 6.45) is -5.05. The summed E-state index contributed by atoms with van der Waals surface area (Å²) < 4.78 is 67.3. The van der Waals surface area contributed by atoms with Gasteiger partial charge in [-0.25, -0.2) is 13.5 Å². The van der Waals surface area contributed by atoms with Crippen molar-refractivity contribution in [3.63, 3.8) is 0 Å². The number of rotatable bonds is 2. The molecule has 0 N–H and O–H groups in total. The van der Waals surface area contributed by atoms with Gasteiger partial charge in [-0.1, -0.05) is 12.1 Å². The standard InChI is InChI=1S/C14H11F5N2O/c1-20-11(9-7-13(9,15)16)6-12(22)21(20)10-5-3-2-4-8(10)14(17,18)19/h2-6,9H,7H2,1H3. The first-order valence-corrected chi connectivity index (χ1v) is 6.46. The number of nitrogens with zero attached hydrogens (tertiary/aromatic N) is 2. The molecule has 0 bridgehead atoms. The lowest BCUT2D eigenvalue weighted by atomic mass is 10.1. The summed E-state index contributed by atoms with van der Waals surface area (Å²) >= 11 is 0. The van der Waals surface area contributed by atoms with Crippen LogP contribution in [0.25, 0.3) is 5.69 Å². The van der Waals surface area contributed by atoms with Gasteiger partial charge in [-0.3, -0.25) is 9.48 Å². The van der Waals surface area contributed by atoms with Gasteiger partial charge in [0.1, 0.15) is 0 Å². The Morgan fingerprint density at radius 2 is 1.82 bits per heavy atom. The number of benzene rings is 1. The van der Waals surface area contributed by atoms with Crippen molar-refractivity contribution in [2.24, 2.45) is 7.05 Å². The number of alkyl halides is 5. The van der Waals surface area contributed by atoms with Gasteiger partial charge in [-0.05, 0) is 12.1 Å². The van der Waals surface area contributed by atoms with Gasteiger partial charge < -0.3 is 0 Å². The summed E-state index contributed by atoms with van der Waals surface area (Å²) in [5.74, 6) is -4.02. The Morgan fingerprint density at radius 3 is 2.36 bits per heavy atom. The van der Waals surface area contributed by atoms with Crippen molar-refractivity contribution in [1.82, 2.24) is 9.36 Å². The fourth-order valence-electron chi connectivity index (χ4n) is 2.58. The lowest BCUT2D eigenvalue weighted by Gasteiger charge is -2.15. The highest BCUT2D eigenvalue weighted by Crippen LogP contribution is 2.55. The second kappa shape index (κ2) is 4.44. The Balaban J connectivity index is 2.17. The molecule has 0 spiro atoms. The van der Waals surface area contributed by atoms with Crippen LogP contribution < -0.4 is 5.56 Å². The average Bonchev–Trinajstić information content (AvgIpc) is 2.93. The van der Waals surface area contributed by atoms with Crippen molar-refractivity contribution in [3.8, 4) is 5.69 Å². The minimum Gasteiger partial charge on any atom is -0.285 e. The minimum atomic E-state index is -4.65. The highest BCUT2D eigenvalue weighted by Gasteiger charge is 2.59. The highest BCUT2D eigenvalue weighted by molar-refractivity contribution is 5.43. The maximum absolute atomic E-state index is 13.2. The second-order valence-corrected chi connectivity index (χ2v) is 5.28. The summed E-state index contributed by atoms with van der Waals surface area (Å²) in [7, 11) is 1.30. The minimum absolute atomic E-state index is 0.0342. The van der Waals surface area contributed by atoms with Crippen molar-refractivity contribution < 1.29 is 22.0 Å². The van der Waals surface area contributed by atoms with Gasteiger partial charge in [0, 0.05) is 25.2 Å². The largest absolute Gasteiger partial charge is 0.418 e. The maximum atomic E-state index is 13.2. The summed E-state index contributed by atoms with van der Waals surface area (Å²) in [5, 5.41) is 0. The van der Waals surface area contributed by atoms with Crippen LogP contribution in [0.15, 0.2) is 35.1 Å². The van der Waals surface area contributed by atoms with E-state index in [0.717, 1.165) is 27.6 Å². The molecule has 1 aliphatic carbocycles. The van der Waals surface area contributed by atoms with E-state index < -0.39 is 35.6 Å². The first kappa shape index (κ1) is 14.8. The molecule has 1 aromatic heterocycles. The number of hydrogen-bond acceptors (Lipinski definition) is 1. The molecule has 1 atom stereocenters. The number of hydrogen-bond donors (Lipinski definition) is 0. The van der Waals surface area contributed by atoms with E-state index in [-0.39, 0.29) is 11.4 Å². The zero-order valence-corrected chi connectivity index (χ0v) is 11.4. The fraction of sp³-hybridized carbons (Fsp3) is 0.357. The molecular formula is C14H11F5N2O. The molecule has 0 radical (unpaired) electrons. The molecule has 22 heavy (non-hydrogen) atoms. The molecule has 1 aliphatic rings. The number of aromatic nitrogens is 2. The van der Waals surface area contributed by atoms with Crippen LogP contribution in [0.5, 0.6) is 0 Å². The Bertz CT molecular complexity index is 787. The number of para-hydroxylation sites is 1. The smallest absolute Gasteiger partial charge is 0.285 e. The van der Waals surface area contributed by atoms with Gasteiger partial charge in [0.2, 0.25) is 0 Å². The zero-order chi connectivity index (χ0) is 16.3. The Morgan fingerprint density at radius 1 is 1.23 bits per heavy atom. The van der Waals surface area contributed by atoms with E-state index >= 15 is 0 Å². The zero-order valence-electron chi connectivity index (χ0n) is 11.4. The van der Waals surface area contributed by atoms with Gasteiger partial charge in [0.15, 0.2) is 0 Å². The third-order valence-corrected chi connectivity index (χ3v) is 3.77. The Labute approximate surface area is 121 Å². The second-order valence-electron chi connectivity index (χ2n) is 5.28. The first-order valence-electron chi connectivity index (χ1n) is 6.46. The van der Waals surface area contributed by atoms with Crippen LogP contribution in [0.4, 0.5) is 22.0 Å². The van der Waals surface area contributed by atoms with E-state index in [1.54, 1.807) is 0 Å². The molecular weight excluding hydrogens is 307 g/mol. The topological polar surface area (TPSA) is 26.9 Å². The lowest BCUT2D eigenvalue weighted by molar-refractivity contribution is -0.137. The SMILES string of the molecule is Cn1c(C2CC2(F)F)cc(=O)n1-c1ccccc1C(F)(F)F. The molecule has 1 unspecified atom stereocenters. The Hall–Kier alpha value is -2.12. The van der Waals surface area contributed by atoms with E-state index in [1.807, 2.05) is 0 Å². The lowest BCUT2D eigenvalue weighted by Crippen LogP contribution is -2.23. The van der Waals surface area contributed by atoms with Gasteiger partial charge in [-0.15, -0.1) is 0 Å². The normalized spacial score (nSPS) is 20.2. The molecule has 0 aliphatic heterocycles. The van der Waals surface area contributed by atoms with Crippen LogP contribution in [-0.2, 0) is 13.2 Å². The molecule has 3 rings (SSSR count). The molecule has 2 aromatic rings. The van der Waals surface area contributed by atoms with Crippen LogP contribution >= 0.6 is 0 Å². The molecule has 0 amide bonds. The van der Waals surface area contributed by atoms with E-state index in [4.69, 9.17) is 0 Å². The predicted molar refractivity (Wildman–Crippen MR) is 68.3 cm³/mol. The molecule has 1 aromatic carbocycles. The van der Waals surface area contributed by atoms with Crippen LogP contribution in [0.1, 0.15) is 23.6 Å². The molecule has 1 saturated carbocycles. The maximum Gasteiger partial charge on any atom is 0.418 e. The van der Waals surface area contributed by atoms with Crippen LogP contribution in [0.3, 0.4) is 0 Å². The van der Waals surface area contributed by atoms with Crippen molar-refractivity contribution in [2.75, 3.05) is 0 Å². The molecule has 118 valence electrons. The molecule has 0 saturated heterocycles. The van der Waals surface area contributed by atoms with Crippen molar-refractivity contribution in [2.45, 2.75) is 24.4 Å².